The minimum absolute atomic E-state index is 0.0300. The molecule has 0 spiro atoms. The van der Waals surface area contributed by atoms with E-state index in [-0.39, 0.29) is 12.2 Å². The van der Waals surface area contributed by atoms with Crippen molar-refractivity contribution >= 4 is 5.69 Å². The third kappa shape index (κ3) is 5.39. The topological polar surface area (TPSA) is 51.2 Å². The van der Waals surface area contributed by atoms with Gasteiger partial charge in [0.1, 0.15) is 5.60 Å². The maximum atomic E-state index is 13.5. The normalized spacial score (nSPS) is 27.9. The lowest BCUT2D eigenvalue weighted by atomic mass is 9.61. The number of rotatable bonds is 7. The molecule has 0 radical (unpaired) electrons. The molecule has 8 heteroatoms. The van der Waals surface area contributed by atoms with E-state index in [2.05, 4.69) is 4.90 Å². The molecule has 1 N–H and O–H groups in total. The van der Waals surface area contributed by atoms with E-state index < -0.39 is 24.1 Å². The van der Waals surface area contributed by atoms with E-state index in [1.54, 1.807) is 45.6 Å². The molecule has 0 amide bonds. The molecular weight excluding hydrogens is 459 g/mol. The number of hydrogen-bond donors (Lipinski definition) is 1. The lowest BCUT2D eigenvalue weighted by Gasteiger charge is -2.47. The predicted molar refractivity (Wildman–Crippen MR) is 128 cm³/mol. The minimum atomic E-state index is -4.35. The molecule has 0 aromatic heterocycles. The molecule has 1 aliphatic heterocycles. The number of piperidine rings is 1. The van der Waals surface area contributed by atoms with E-state index in [1.165, 1.54) is 0 Å². The molecule has 3 atom stereocenters. The predicted octanol–water partition coefficient (Wildman–Crippen LogP) is 5.55. The first-order valence-electron chi connectivity index (χ1n) is 12.3. The van der Waals surface area contributed by atoms with E-state index in [0.29, 0.717) is 36.3 Å². The Hall–Kier alpha value is -2.03. The van der Waals surface area contributed by atoms with Gasteiger partial charge in [0.15, 0.2) is 6.29 Å². The maximum Gasteiger partial charge on any atom is 0.389 e. The van der Waals surface area contributed by atoms with Gasteiger partial charge in [-0.15, -0.1) is 0 Å². The second-order valence-corrected chi connectivity index (χ2v) is 9.93. The van der Waals surface area contributed by atoms with Crippen molar-refractivity contribution in [2.24, 2.45) is 17.8 Å². The average molecular weight is 496 g/mol. The fourth-order valence-corrected chi connectivity index (χ4v) is 6.20. The number of methoxy groups -OCH3 is 3. The van der Waals surface area contributed by atoms with Crippen LogP contribution in [0.3, 0.4) is 0 Å². The molecule has 1 aromatic carbocycles. The first kappa shape index (κ1) is 26.0. The van der Waals surface area contributed by atoms with E-state index in [1.807, 2.05) is 12.1 Å². The summed E-state index contributed by atoms with van der Waals surface area (Å²) in [6, 6.07) is 7.45. The van der Waals surface area contributed by atoms with Crippen molar-refractivity contribution in [2.45, 2.75) is 56.6 Å². The highest BCUT2D eigenvalue weighted by Gasteiger charge is 2.51. The Morgan fingerprint density at radius 3 is 2.23 bits per heavy atom. The second-order valence-electron chi connectivity index (χ2n) is 9.93. The van der Waals surface area contributed by atoms with Gasteiger partial charge >= 0.3 is 6.18 Å². The average Bonchev–Trinajstić information content (AvgIpc) is 2.86. The number of alkyl halides is 3. The molecule has 3 aliphatic rings. The number of benzene rings is 1. The number of anilines is 1. The Morgan fingerprint density at radius 2 is 1.66 bits per heavy atom. The van der Waals surface area contributed by atoms with Crippen molar-refractivity contribution in [1.29, 1.82) is 0 Å². The number of fused-ring (bicyclic) bond motifs is 1. The summed E-state index contributed by atoms with van der Waals surface area (Å²) >= 11 is 0. The van der Waals surface area contributed by atoms with Crippen LogP contribution >= 0.6 is 0 Å². The van der Waals surface area contributed by atoms with Crippen LogP contribution in [-0.2, 0) is 19.8 Å². The van der Waals surface area contributed by atoms with E-state index in [9.17, 15) is 18.3 Å². The molecule has 1 saturated heterocycles. The van der Waals surface area contributed by atoms with Crippen molar-refractivity contribution in [2.75, 3.05) is 39.3 Å². The van der Waals surface area contributed by atoms with Gasteiger partial charge in [0, 0.05) is 57.7 Å². The Balaban J connectivity index is 1.58. The van der Waals surface area contributed by atoms with Gasteiger partial charge < -0.3 is 24.2 Å². The molecule has 1 heterocycles. The highest BCUT2D eigenvalue weighted by Crippen LogP contribution is 2.54. The first-order valence-corrected chi connectivity index (χ1v) is 12.3. The lowest BCUT2D eigenvalue weighted by Crippen LogP contribution is -2.46. The van der Waals surface area contributed by atoms with Crippen LogP contribution in [0.4, 0.5) is 18.9 Å². The van der Waals surface area contributed by atoms with Crippen LogP contribution in [0.15, 0.2) is 47.7 Å². The smallest absolute Gasteiger partial charge is 0.389 e. The standard InChI is InChI=1S/C27H36F3NO4/c1-33-23-10-11-24-19(16-23)4-5-21(17-26(28,29)30)27(24,32)20-6-8-22(9-7-20)31-14-12-18(13-15-31)25(34-2)35-3/h6-11,18-19,21,25,32H,4-5,12-17H2,1-3H3. The molecule has 1 saturated carbocycles. The van der Waals surface area contributed by atoms with Crippen LogP contribution in [0.25, 0.3) is 0 Å². The molecule has 0 bridgehead atoms. The number of nitrogens with zero attached hydrogens (tertiary/aromatic N) is 1. The molecule has 2 fully saturated rings. The summed E-state index contributed by atoms with van der Waals surface area (Å²) in [7, 11) is 4.90. The van der Waals surface area contributed by atoms with E-state index >= 15 is 0 Å². The van der Waals surface area contributed by atoms with Gasteiger partial charge in [-0.2, -0.15) is 13.2 Å². The molecule has 2 aliphatic carbocycles. The molecule has 1 aromatic rings. The van der Waals surface area contributed by atoms with Crippen LogP contribution < -0.4 is 4.90 Å². The minimum Gasteiger partial charge on any atom is -0.501 e. The molecule has 4 rings (SSSR count). The number of hydrogen-bond acceptors (Lipinski definition) is 5. The summed E-state index contributed by atoms with van der Waals surface area (Å²) in [6.45, 7) is 1.68. The highest BCUT2D eigenvalue weighted by atomic mass is 19.4. The molecular formula is C27H36F3NO4. The van der Waals surface area contributed by atoms with Gasteiger partial charge in [-0.05, 0) is 60.9 Å². The SMILES string of the molecule is COC1=CC=C2C(CCC(CC(F)(F)F)C2(O)c2ccc(N3CCC(C(OC)OC)CC3)cc2)C1. The Labute approximate surface area is 205 Å². The van der Waals surface area contributed by atoms with Crippen LogP contribution in [0.1, 0.15) is 44.1 Å². The monoisotopic (exact) mass is 495 g/mol. The van der Waals surface area contributed by atoms with Gasteiger partial charge in [0.2, 0.25) is 0 Å². The molecule has 3 unspecified atom stereocenters. The lowest BCUT2D eigenvalue weighted by molar-refractivity contribution is -0.167. The van der Waals surface area contributed by atoms with Crippen LogP contribution in [0, 0.1) is 17.8 Å². The van der Waals surface area contributed by atoms with Gasteiger partial charge in [-0.1, -0.05) is 18.2 Å². The van der Waals surface area contributed by atoms with Crippen molar-refractivity contribution < 1.29 is 32.5 Å². The third-order valence-electron chi connectivity index (χ3n) is 8.03. The zero-order chi connectivity index (χ0) is 25.2. The summed E-state index contributed by atoms with van der Waals surface area (Å²) in [5, 5.41) is 12.0. The van der Waals surface area contributed by atoms with Gasteiger partial charge in [0.25, 0.3) is 0 Å². The Morgan fingerprint density at radius 1 is 1.00 bits per heavy atom. The summed E-state index contributed by atoms with van der Waals surface area (Å²) in [6.07, 6.45) is 1.34. The maximum absolute atomic E-state index is 13.5. The zero-order valence-corrected chi connectivity index (χ0v) is 20.7. The molecule has 35 heavy (non-hydrogen) atoms. The number of allylic oxidation sites excluding steroid dienone is 3. The second kappa shape index (κ2) is 10.5. The summed E-state index contributed by atoms with van der Waals surface area (Å²) in [4.78, 5) is 2.26. The van der Waals surface area contributed by atoms with E-state index in [4.69, 9.17) is 14.2 Å². The molecule has 5 nitrogen and oxygen atoms in total. The number of ether oxygens (including phenoxy) is 3. The summed E-state index contributed by atoms with van der Waals surface area (Å²) < 4.78 is 56.7. The fraction of sp³-hybridized carbons (Fsp3) is 0.630. The van der Waals surface area contributed by atoms with Crippen molar-refractivity contribution in [3.8, 4) is 0 Å². The van der Waals surface area contributed by atoms with Crippen LogP contribution in [-0.4, -0.2) is 52.0 Å². The fourth-order valence-electron chi connectivity index (χ4n) is 6.20. The quantitative estimate of drug-likeness (QED) is 0.503. The van der Waals surface area contributed by atoms with Crippen LogP contribution in [0.5, 0.6) is 0 Å². The van der Waals surface area contributed by atoms with Gasteiger partial charge in [-0.25, -0.2) is 0 Å². The summed E-state index contributed by atoms with van der Waals surface area (Å²) in [5.41, 5.74) is 0.525. The van der Waals surface area contributed by atoms with Gasteiger partial charge in [-0.3, -0.25) is 0 Å². The largest absolute Gasteiger partial charge is 0.501 e. The van der Waals surface area contributed by atoms with Crippen molar-refractivity contribution in [1.82, 2.24) is 0 Å². The summed E-state index contributed by atoms with van der Waals surface area (Å²) in [5.74, 6) is 0.159. The van der Waals surface area contributed by atoms with Crippen molar-refractivity contribution in [3.63, 3.8) is 0 Å². The highest BCUT2D eigenvalue weighted by molar-refractivity contribution is 5.51. The zero-order valence-electron chi connectivity index (χ0n) is 20.7. The first-order chi connectivity index (χ1) is 16.7. The number of halogens is 3. The van der Waals surface area contributed by atoms with E-state index in [0.717, 1.165) is 37.4 Å². The number of aliphatic hydroxyl groups is 1. The Bertz CT molecular complexity index is 917. The van der Waals surface area contributed by atoms with Gasteiger partial charge in [0.05, 0.1) is 12.9 Å². The molecule has 194 valence electrons. The third-order valence-corrected chi connectivity index (χ3v) is 8.03. The Kier molecular flexibility index (Phi) is 7.83. The van der Waals surface area contributed by atoms with Crippen LogP contribution in [0.2, 0.25) is 0 Å². The van der Waals surface area contributed by atoms with Crippen molar-refractivity contribution in [3.05, 3.63) is 53.3 Å².